The van der Waals surface area contributed by atoms with E-state index in [1.165, 1.54) is 12.1 Å². The van der Waals surface area contributed by atoms with Crippen LogP contribution in [0, 0.1) is 5.82 Å². The Balaban J connectivity index is 1.86. The second-order valence-electron chi connectivity index (χ2n) is 6.56. The first-order valence-electron chi connectivity index (χ1n) is 9.77. The molecule has 0 aromatic heterocycles. The molecule has 0 fully saturated rings. The summed E-state index contributed by atoms with van der Waals surface area (Å²) in [5.74, 6) is 0.752. The van der Waals surface area contributed by atoms with Gasteiger partial charge in [0.15, 0.2) is 5.96 Å². The molecule has 7 heteroatoms. The van der Waals surface area contributed by atoms with E-state index < -0.39 is 0 Å². The molecular weight excluding hydrogens is 371 g/mol. The van der Waals surface area contributed by atoms with Crippen LogP contribution in [0.5, 0.6) is 5.75 Å². The molecule has 1 amide bonds. The fourth-order valence-corrected chi connectivity index (χ4v) is 2.71. The highest BCUT2D eigenvalue weighted by Crippen LogP contribution is 2.13. The molecule has 2 rings (SSSR count). The number of benzene rings is 2. The molecule has 0 saturated carbocycles. The van der Waals surface area contributed by atoms with Crippen molar-refractivity contribution in [3.63, 3.8) is 0 Å². The average molecular weight is 400 g/mol. The number of carbonyl (C=O) groups is 1. The summed E-state index contributed by atoms with van der Waals surface area (Å²) in [5.41, 5.74) is 1.71. The van der Waals surface area contributed by atoms with Gasteiger partial charge in [-0.3, -0.25) is 4.79 Å². The number of guanidine groups is 1. The molecule has 0 saturated heterocycles. The lowest BCUT2D eigenvalue weighted by molar-refractivity contribution is 0.0963. The topological polar surface area (TPSA) is 74.8 Å². The lowest BCUT2D eigenvalue weighted by Gasteiger charge is -2.15. The summed E-state index contributed by atoms with van der Waals surface area (Å²) < 4.78 is 19.0. The molecule has 0 bridgehead atoms. The molecule has 2 aromatic carbocycles. The zero-order chi connectivity index (χ0) is 21.1. The third-order valence-electron chi connectivity index (χ3n) is 4.11. The molecule has 0 radical (unpaired) electrons. The van der Waals surface area contributed by atoms with Crippen molar-refractivity contribution in [1.29, 1.82) is 0 Å². The number of nitrogens with one attached hydrogen (secondary N) is 3. The Morgan fingerprint density at radius 3 is 2.69 bits per heavy atom. The van der Waals surface area contributed by atoms with E-state index in [1.54, 1.807) is 25.2 Å². The molecular formula is C22H29FN4O2. The van der Waals surface area contributed by atoms with Gasteiger partial charge in [-0.25, -0.2) is 9.38 Å². The maximum Gasteiger partial charge on any atom is 0.251 e. The SMILES string of the molecule is CCNC(=NCC(C)Oc1cccc(F)c1)NCCc1cccc(C(=O)NC)c1. The molecule has 2 aromatic rings. The number of carbonyl (C=O) groups excluding carboxylic acids is 1. The van der Waals surface area contributed by atoms with E-state index in [1.807, 2.05) is 32.0 Å². The Kier molecular flexibility index (Phi) is 8.95. The highest BCUT2D eigenvalue weighted by atomic mass is 19.1. The highest BCUT2D eigenvalue weighted by Gasteiger charge is 2.06. The fourth-order valence-electron chi connectivity index (χ4n) is 2.71. The van der Waals surface area contributed by atoms with E-state index in [0.717, 1.165) is 18.5 Å². The molecule has 29 heavy (non-hydrogen) atoms. The van der Waals surface area contributed by atoms with Crippen LogP contribution in [-0.2, 0) is 6.42 Å². The minimum atomic E-state index is -0.325. The first kappa shape index (κ1) is 22.2. The number of rotatable bonds is 9. The Bertz CT molecular complexity index is 826. The minimum Gasteiger partial charge on any atom is -0.489 e. The van der Waals surface area contributed by atoms with Crippen molar-refractivity contribution >= 4 is 11.9 Å². The number of aliphatic imine (C=N–C) groups is 1. The van der Waals surface area contributed by atoms with E-state index in [-0.39, 0.29) is 17.8 Å². The maximum atomic E-state index is 13.3. The molecule has 1 atom stereocenters. The van der Waals surface area contributed by atoms with Gasteiger partial charge >= 0.3 is 0 Å². The first-order valence-corrected chi connectivity index (χ1v) is 9.77. The number of halogens is 1. The van der Waals surface area contributed by atoms with Gasteiger partial charge in [0.25, 0.3) is 5.91 Å². The molecule has 0 aliphatic heterocycles. The van der Waals surface area contributed by atoms with Crippen LogP contribution in [0.4, 0.5) is 4.39 Å². The number of hydrogen-bond donors (Lipinski definition) is 3. The third-order valence-corrected chi connectivity index (χ3v) is 4.11. The Morgan fingerprint density at radius 1 is 1.17 bits per heavy atom. The van der Waals surface area contributed by atoms with Crippen molar-refractivity contribution in [2.24, 2.45) is 4.99 Å². The molecule has 3 N–H and O–H groups in total. The standard InChI is InChI=1S/C22H29FN4O2/c1-4-25-22(27-15-16(2)29-20-10-6-9-19(23)14-20)26-12-11-17-7-5-8-18(13-17)21(28)24-3/h5-10,13-14,16H,4,11-12,15H2,1-3H3,(H,24,28)(H2,25,26,27). The normalized spacial score (nSPS) is 12.2. The number of ether oxygens (including phenoxy) is 1. The number of amides is 1. The van der Waals surface area contributed by atoms with Gasteiger partial charge in [-0.05, 0) is 50.1 Å². The zero-order valence-corrected chi connectivity index (χ0v) is 17.2. The van der Waals surface area contributed by atoms with Crippen LogP contribution < -0.4 is 20.7 Å². The van der Waals surface area contributed by atoms with Crippen molar-refractivity contribution in [3.05, 3.63) is 65.5 Å². The van der Waals surface area contributed by atoms with Crippen LogP contribution in [0.1, 0.15) is 29.8 Å². The lowest BCUT2D eigenvalue weighted by Crippen LogP contribution is -2.39. The molecule has 0 aliphatic rings. The van der Waals surface area contributed by atoms with Gasteiger partial charge < -0.3 is 20.7 Å². The zero-order valence-electron chi connectivity index (χ0n) is 17.2. The predicted molar refractivity (Wildman–Crippen MR) is 114 cm³/mol. The van der Waals surface area contributed by atoms with Crippen molar-refractivity contribution in [1.82, 2.24) is 16.0 Å². The van der Waals surface area contributed by atoms with E-state index in [0.29, 0.717) is 30.4 Å². The van der Waals surface area contributed by atoms with Crippen molar-refractivity contribution in [2.45, 2.75) is 26.4 Å². The van der Waals surface area contributed by atoms with Gasteiger partial charge in [-0.2, -0.15) is 0 Å². The molecule has 1 unspecified atom stereocenters. The second-order valence-corrected chi connectivity index (χ2v) is 6.56. The smallest absolute Gasteiger partial charge is 0.251 e. The third kappa shape index (κ3) is 7.81. The molecule has 0 heterocycles. The van der Waals surface area contributed by atoms with Crippen LogP contribution >= 0.6 is 0 Å². The summed E-state index contributed by atoms with van der Waals surface area (Å²) >= 11 is 0. The molecule has 0 spiro atoms. The Labute approximate surface area is 171 Å². The summed E-state index contributed by atoms with van der Waals surface area (Å²) in [6.07, 6.45) is 0.557. The number of nitrogens with zero attached hydrogens (tertiary/aromatic N) is 1. The van der Waals surface area contributed by atoms with Crippen LogP contribution in [0.2, 0.25) is 0 Å². The quantitative estimate of drug-likeness (QED) is 0.447. The van der Waals surface area contributed by atoms with Crippen molar-refractivity contribution in [2.75, 3.05) is 26.7 Å². The minimum absolute atomic E-state index is 0.0954. The second kappa shape index (κ2) is 11.7. The van der Waals surface area contributed by atoms with Gasteiger partial charge in [0.05, 0.1) is 6.54 Å². The van der Waals surface area contributed by atoms with E-state index in [2.05, 4.69) is 20.9 Å². The van der Waals surface area contributed by atoms with Crippen LogP contribution in [-0.4, -0.2) is 44.7 Å². The Hall–Kier alpha value is -3.09. The monoisotopic (exact) mass is 400 g/mol. The van der Waals surface area contributed by atoms with E-state index in [4.69, 9.17) is 4.74 Å². The summed E-state index contributed by atoms with van der Waals surface area (Å²) in [6, 6.07) is 13.6. The maximum absolute atomic E-state index is 13.3. The first-order chi connectivity index (χ1) is 14.0. The summed E-state index contributed by atoms with van der Waals surface area (Å²) in [5, 5.41) is 9.11. The summed E-state index contributed by atoms with van der Waals surface area (Å²) in [7, 11) is 1.62. The average Bonchev–Trinajstić information content (AvgIpc) is 2.71. The molecule has 6 nitrogen and oxygen atoms in total. The largest absolute Gasteiger partial charge is 0.489 e. The lowest BCUT2D eigenvalue weighted by atomic mass is 10.1. The molecule has 0 aliphatic carbocycles. The number of hydrogen-bond acceptors (Lipinski definition) is 3. The Morgan fingerprint density at radius 2 is 1.97 bits per heavy atom. The van der Waals surface area contributed by atoms with Crippen molar-refractivity contribution < 1.29 is 13.9 Å². The van der Waals surface area contributed by atoms with Crippen LogP contribution in [0.25, 0.3) is 0 Å². The highest BCUT2D eigenvalue weighted by molar-refractivity contribution is 5.94. The van der Waals surface area contributed by atoms with E-state index >= 15 is 0 Å². The predicted octanol–water partition coefficient (Wildman–Crippen LogP) is 2.75. The summed E-state index contributed by atoms with van der Waals surface area (Å²) in [6.45, 7) is 5.72. The van der Waals surface area contributed by atoms with Crippen molar-refractivity contribution in [3.8, 4) is 5.75 Å². The van der Waals surface area contributed by atoms with E-state index in [9.17, 15) is 9.18 Å². The molecule has 156 valence electrons. The van der Waals surface area contributed by atoms with Gasteiger partial charge in [0.2, 0.25) is 0 Å². The fraction of sp³-hybridized carbons (Fsp3) is 0.364. The van der Waals surface area contributed by atoms with Gasteiger partial charge in [0, 0.05) is 31.8 Å². The van der Waals surface area contributed by atoms with Gasteiger partial charge in [-0.1, -0.05) is 18.2 Å². The van der Waals surface area contributed by atoms with Crippen LogP contribution in [0.3, 0.4) is 0 Å². The summed E-state index contributed by atoms with van der Waals surface area (Å²) in [4.78, 5) is 16.3. The van der Waals surface area contributed by atoms with Crippen LogP contribution in [0.15, 0.2) is 53.5 Å². The van der Waals surface area contributed by atoms with Gasteiger partial charge in [-0.15, -0.1) is 0 Å². The van der Waals surface area contributed by atoms with Gasteiger partial charge in [0.1, 0.15) is 17.7 Å².